The molecule has 0 aliphatic rings. The predicted molar refractivity (Wildman–Crippen MR) is 251 cm³/mol. The molecule has 0 unspecified atom stereocenters. The van der Waals surface area contributed by atoms with Gasteiger partial charge in [0.2, 0.25) is 5.69 Å². The Labute approximate surface area is 347 Å². The second-order valence-corrected chi connectivity index (χ2v) is 15.9. The number of rotatable bonds is 6. The summed E-state index contributed by atoms with van der Waals surface area (Å²) in [6.07, 6.45) is 0. The van der Waals surface area contributed by atoms with Gasteiger partial charge in [-0.25, -0.2) is 4.85 Å². The van der Waals surface area contributed by atoms with E-state index in [1.807, 2.05) is 6.07 Å². The molecule has 11 rings (SSSR count). The molecule has 5 nitrogen and oxygen atoms in total. The SMILES string of the molecule is [C-]#[N+]c1cc2oc3cc4cc(N(c5ccccc5C)c5ccccc5C)ccc4cc3c2c2c1oc1cc3cc(N(c4ccccc4C)c4ccccc4C)ccc3cc12. The van der Waals surface area contributed by atoms with E-state index in [2.05, 4.69) is 200 Å². The summed E-state index contributed by atoms with van der Waals surface area (Å²) in [5.74, 6) is 0. The first kappa shape index (κ1) is 35.4. The Morgan fingerprint density at radius 2 is 0.817 bits per heavy atom. The third-order valence-electron chi connectivity index (χ3n) is 12.1. The molecule has 2 heterocycles. The van der Waals surface area contributed by atoms with Gasteiger partial charge in [0.25, 0.3) is 0 Å². The lowest BCUT2D eigenvalue weighted by Crippen LogP contribution is -2.12. The van der Waals surface area contributed by atoms with Crippen LogP contribution in [0.5, 0.6) is 0 Å². The molecule has 5 heteroatoms. The zero-order chi connectivity index (χ0) is 40.6. The highest BCUT2D eigenvalue weighted by molar-refractivity contribution is 6.30. The first-order valence-corrected chi connectivity index (χ1v) is 20.3. The van der Waals surface area contributed by atoms with Crippen LogP contribution in [0.4, 0.5) is 39.8 Å². The number of furan rings is 2. The van der Waals surface area contributed by atoms with Crippen molar-refractivity contribution in [1.82, 2.24) is 0 Å². The highest BCUT2D eigenvalue weighted by Gasteiger charge is 2.23. The van der Waals surface area contributed by atoms with Crippen LogP contribution in [0.15, 0.2) is 173 Å². The molecular weight excluding hydrogens is 735 g/mol. The molecule has 0 atom stereocenters. The Morgan fingerprint density at radius 3 is 1.25 bits per heavy atom. The van der Waals surface area contributed by atoms with Crippen LogP contribution in [0.25, 0.3) is 70.3 Å². The molecule has 11 aromatic rings. The quantitative estimate of drug-likeness (QED) is 0.158. The zero-order valence-electron chi connectivity index (χ0n) is 33.7. The Balaban J connectivity index is 1.09. The van der Waals surface area contributed by atoms with Gasteiger partial charge in [-0.05, 0) is 150 Å². The van der Waals surface area contributed by atoms with Crippen molar-refractivity contribution in [2.75, 3.05) is 9.80 Å². The van der Waals surface area contributed by atoms with Crippen molar-refractivity contribution in [2.24, 2.45) is 0 Å². The van der Waals surface area contributed by atoms with Crippen LogP contribution in [0.2, 0.25) is 0 Å². The number of nitrogens with zero attached hydrogens (tertiary/aromatic N) is 3. The summed E-state index contributed by atoms with van der Waals surface area (Å²) in [5.41, 5.74) is 14.6. The lowest BCUT2D eigenvalue weighted by Gasteiger charge is -2.28. The summed E-state index contributed by atoms with van der Waals surface area (Å²) >= 11 is 0. The van der Waals surface area contributed by atoms with Crippen molar-refractivity contribution in [3.63, 3.8) is 0 Å². The van der Waals surface area contributed by atoms with Gasteiger partial charge in [-0.1, -0.05) is 84.9 Å². The molecule has 2 aromatic heterocycles. The summed E-state index contributed by atoms with van der Waals surface area (Å²) < 4.78 is 13.3. The van der Waals surface area contributed by atoms with E-state index in [1.165, 1.54) is 22.3 Å². The van der Waals surface area contributed by atoms with E-state index < -0.39 is 0 Å². The smallest absolute Gasteiger partial charge is 0.233 e. The monoisotopic (exact) mass is 773 g/mol. The van der Waals surface area contributed by atoms with E-state index >= 15 is 0 Å². The number of anilines is 6. The van der Waals surface area contributed by atoms with E-state index in [1.54, 1.807) is 0 Å². The van der Waals surface area contributed by atoms with Gasteiger partial charge in [0.05, 0.1) is 6.57 Å². The van der Waals surface area contributed by atoms with Crippen LogP contribution < -0.4 is 9.80 Å². The van der Waals surface area contributed by atoms with Gasteiger partial charge in [0, 0.05) is 55.7 Å². The molecule has 286 valence electrons. The Hall–Kier alpha value is -7.81. The minimum absolute atomic E-state index is 0.432. The minimum atomic E-state index is 0.432. The maximum Gasteiger partial charge on any atom is 0.233 e. The van der Waals surface area contributed by atoms with Crippen LogP contribution in [0.1, 0.15) is 22.3 Å². The molecule has 0 aliphatic heterocycles. The maximum atomic E-state index is 8.19. The van der Waals surface area contributed by atoms with Crippen molar-refractivity contribution < 1.29 is 8.83 Å². The number of para-hydroxylation sites is 4. The van der Waals surface area contributed by atoms with E-state index in [0.717, 1.165) is 88.4 Å². The standard InChI is InChI=1S/C55H39N3O2/c1-33-14-6-10-18-46(33)57(47-19-11-7-15-34(47)2)41-24-22-37-28-43-50(30-39(37)26-41)59-52-32-45(56-5)55-54(53(43)52)44-29-38-23-25-42(27-40(38)31-51(44)60-55)58(48-20-12-8-16-35(48)3)49-21-13-9-17-36(49)4/h6-32H,1-4H3. The number of benzene rings is 9. The fourth-order valence-corrected chi connectivity index (χ4v) is 9.09. The van der Waals surface area contributed by atoms with Crippen LogP contribution in [0, 0.1) is 34.3 Å². The minimum Gasteiger partial charge on any atom is -0.467 e. The topological polar surface area (TPSA) is 37.1 Å². The molecule has 0 bridgehead atoms. The van der Waals surface area contributed by atoms with Gasteiger partial charge in [-0.3, -0.25) is 0 Å². The van der Waals surface area contributed by atoms with Gasteiger partial charge >= 0.3 is 0 Å². The van der Waals surface area contributed by atoms with Crippen LogP contribution in [-0.4, -0.2) is 0 Å². The average Bonchev–Trinajstić information content (AvgIpc) is 3.81. The summed E-state index contributed by atoms with van der Waals surface area (Å²) in [6.45, 7) is 16.8. The van der Waals surface area contributed by atoms with Crippen LogP contribution >= 0.6 is 0 Å². The van der Waals surface area contributed by atoms with Crippen molar-refractivity contribution >= 4 is 105 Å². The van der Waals surface area contributed by atoms with E-state index in [9.17, 15) is 0 Å². The van der Waals surface area contributed by atoms with Gasteiger partial charge in [0.1, 0.15) is 22.3 Å². The number of fused-ring (bicyclic) bond motifs is 9. The van der Waals surface area contributed by atoms with Crippen LogP contribution in [-0.2, 0) is 0 Å². The van der Waals surface area contributed by atoms with Gasteiger partial charge in [-0.2, -0.15) is 0 Å². The fourth-order valence-electron chi connectivity index (χ4n) is 9.09. The van der Waals surface area contributed by atoms with Gasteiger partial charge in [0.15, 0.2) is 0 Å². The van der Waals surface area contributed by atoms with E-state index in [-0.39, 0.29) is 0 Å². The predicted octanol–water partition coefficient (Wildman–Crippen LogP) is 16.5. The molecule has 0 radical (unpaired) electrons. The normalized spacial score (nSPS) is 11.7. The largest absolute Gasteiger partial charge is 0.467 e. The van der Waals surface area contributed by atoms with Crippen molar-refractivity contribution in [2.45, 2.75) is 27.7 Å². The lowest BCUT2D eigenvalue weighted by atomic mass is 9.99. The van der Waals surface area contributed by atoms with E-state index in [0.29, 0.717) is 16.9 Å². The highest BCUT2D eigenvalue weighted by Crippen LogP contribution is 2.47. The van der Waals surface area contributed by atoms with Crippen LogP contribution in [0.3, 0.4) is 0 Å². The second-order valence-electron chi connectivity index (χ2n) is 15.9. The number of hydrogen-bond acceptors (Lipinski definition) is 4. The molecule has 0 saturated heterocycles. The maximum absolute atomic E-state index is 8.19. The third-order valence-corrected chi connectivity index (χ3v) is 12.1. The number of aryl methyl sites for hydroxylation is 4. The highest BCUT2D eigenvalue weighted by atomic mass is 16.3. The Kier molecular flexibility index (Phi) is 8.05. The third kappa shape index (κ3) is 5.53. The molecule has 0 saturated carbocycles. The summed E-state index contributed by atoms with van der Waals surface area (Å²) in [6, 6.07) is 57.8. The molecular formula is C55H39N3O2. The second kappa shape index (κ2) is 13.7. The average molecular weight is 774 g/mol. The Bertz CT molecular complexity index is 3490. The molecule has 9 aromatic carbocycles. The molecule has 0 amide bonds. The zero-order valence-corrected chi connectivity index (χ0v) is 33.7. The first-order valence-electron chi connectivity index (χ1n) is 20.3. The number of hydrogen-bond donors (Lipinski definition) is 0. The Morgan fingerprint density at radius 1 is 0.400 bits per heavy atom. The van der Waals surface area contributed by atoms with Crippen molar-refractivity contribution in [1.29, 1.82) is 0 Å². The molecule has 60 heavy (non-hydrogen) atoms. The first-order chi connectivity index (χ1) is 29.3. The molecule has 0 N–H and O–H groups in total. The summed E-state index contributed by atoms with van der Waals surface area (Å²) in [7, 11) is 0. The molecule has 0 aliphatic carbocycles. The summed E-state index contributed by atoms with van der Waals surface area (Å²) in [5, 5.41) is 8.12. The summed E-state index contributed by atoms with van der Waals surface area (Å²) in [4.78, 5) is 8.62. The van der Waals surface area contributed by atoms with Crippen molar-refractivity contribution in [3.8, 4) is 0 Å². The van der Waals surface area contributed by atoms with Crippen molar-refractivity contribution in [3.05, 3.63) is 197 Å². The molecule has 0 fully saturated rings. The van der Waals surface area contributed by atoms with Gasteiger partial charge < -0.3 is 18.6 Å². The molecule has 0 spiro atoms. The van der Waals surface area contributed by atoms with E-state index in [4.69, 9.17) is 15.4 Å². The lowest BCUT2D eigenvalue weighted by molar-refractivity contribution is 0.665. The fraction of sp³-hybridized carbons (Fsp3) is 0.0727. The van der Waals surface area contributed by atoms with Gasteiger partial charge in [-0.15, -0.1) is 0 Å².